The third-order valence-electron chi connectivity index (χ3n) is 5.01. The normalized spacial score (nSPS) is 16.1. The fraction of sp³-hybridized carbons (Fsp3) is 0.333. The van der Waals surface area contributed by atoms with E-state index in [4.69, 9.17) is 28.5 Å². The zero-order chi connectivity index (χ0) is 20.1. The molecule has 3 rings (SSSR count). The average Bonchev–Trinajstić information content (AvgIpc) is 2.96. The molecule has 0 spiro atoms. The zero-order valence-electron chi connectivity index (χ0n) is 15.7. The molecule has 1 atom stereocenters. The molecule has 0 radical (unpaired) electrons. The third kappa shape index (κ3) is 4.96. The largest absolute Gasteiger partial charge is 0.370 e. The maximum atomic E-state index is 12.7. The van der Waals surface area contributed by atoms with Gasteiger partial charge in [-0.3, -0.25) is 9.69 Å². The molecule has 1 saturated heterocycles. The van der Waals surface area contributed by atoms with E-state index in [-0.39, 0.29) is 11.9 Å². The minimum absolute atomic E-state index is 0.101. The van der Waals surface area contributed by atoms with Gasteiger partial charge in [0.15, 0.2) is 0 Å². The van der Waals surface area contributed by atoms with Crippen LogP contribution in [0.4, 0.5) is 11.4 Å². The van der Waals surface area contributed by atoms with Crippen molar-refractivity contribution in [1.29, 1.82) is 5.26 Å². The van der Waals surface area contributed by atoms with E-state index in [0.717, 1.165) is 38.3 Å². The van der Waals surface area contributed by atoms with Crippen molar-refractivity contribution in [3.8, 4) is 6.07 Å². The van der Waals surface area contributed by atoms with E-state index >= 15 is 0 Å². The van der Waals surface area contributed by atoms with Crippen LogP contribution in [0.3, 0.4) is 0 Å². The highest BCUT2D eigenvalue weighted by Gasteiger charge is 2.24. The second-order valence-corrected chi connectivity index (χ2v) is 7.67. The van der Waals surface area contributed by atoms with Gasteiger partial charge in [0.1, 0.15) is 0 Å². The fourth-order valence-corrected chi connectivity index (χ4v) is 3.66. The van der Waals surface area contributed by atoms with Gasteiger partial charge in [0, 0.05) is 36.9 Å². The van der Waals surface area contributed by atoms with Crippen molar-refractivity contribution in [2.24, 2.45) is 0 Å². The molecule has 1 N–H and O–H groups in total. The van der Waals surface area contributed by atoms with E-state index in [0.29, 0.717) is 21.3 Å². The summed E-state index contributed by atoms with van der Waals surface area (Å²) < 4.78 is 0. The first kappa shape index (κ1) is 20.5. The molecule has 1 heterocycles. The van der Waals surface area contributed by atoms with Crippen molar-refractivity contribution in [2.75, 3.05) is 36.4 Å². The molecule has 146 valence electrons. The molecule has 1 amide bonds. The number of anilines is 2. The van der Waals surface area contributed by atoms with Crippen molar-refractivity contribution in [3.63, 3.8) is 0 Å². The summed E-state index contributed by atoms with van der Waals surface area (Å²) in [6, 6.07) is 14.5. The Bertz CT molecular complexity index is 879. The Morgan fingerprint density at radius 3 is 2.57 bits per heavy atom. The van der Waals surface area contributed by atoms with Crippen LogP contribution in [0.2, 0.25) is 10.0 Å². The van der Waals surface area contributed by atoms with Crippen LogP contribution in [-0.2, 0) is 4.79 Å². The molecule has 1 unspecified atom stereocenters. The number of carbonyl (C=O) groups is 1. The third-order valence-corrected chi connectivity index (χ3v) is 5.57. The van der Waals surface area contributed by atoms with Gasteiger partial charge >= 0.3 is 0 Å². The maximum Gasteiger partial charge on any atom is 0.241 e. The van der Waals surface area contributed by atoms with Crippen LogP contribution >= 0.6 is 23.2 Å². The second-order valence-electron chi connectivity index (χ2n) is 6.82. The Labute approximate surface area is 175 Å². The molecule has 0 aliphatic carbocycles. The van der Waals surface area contributed by atoms with Gasteiger partial charge in [0.2, 0.25) is 5.91 Å². The molecule has 0 aromatic heterocycles. The zero-order valence-corrected chi connectivity index (χ0v) is 17.2. The van der Waals surface area contributed by atoms with Crippen LogP contribution in [-0.4, -0.2) is 43.0 Å². The van der Waals surface area contributed by atoms with E-state index in [1.807, 2.05) is 31.2 Å². The molecule has 0 saturated carbocycles. The summed E-state index contributed by atoms with van der Waals surface area (Å²) in [5.74, 6) is -0.101. The minimum atomic E-state index is -0.282. The lowest BCUT2D eigenvalue weighted by Crippen LogP contribution is -2.44. The number of hydrogen-bond donors (Lipinski definition) is 1. The monoisotopic (exact) mass is 416 g/mol. The van der Waals surface area contributed by atoms with Gasteiger partial charge < -0.3 is 10.2 Å². The lowest BCUT2D eigenvalue weighted by Gasteiger charge is -2.27. The second kappa shape index (κ2) is 9.29. The number of nitrogens with zero attached hydrogens (tertiary/aromatic N) is 3. The standard InChI is InChI=1S/C21H22Cl2N4O/c1-15(21(28)25-20-13-17(22)5-8-19(20)23)26-9-2-10-27(12-11-26)18-6-3-16(14-24)4-7-18/h3-8,13,15H,2,9-12H2,1H3,(H,25,28). The van der Waals surface area contributed by atoms with Gasteiger partial charge in [-0.1, -0.05) is 23.2 Å². The van der Waals surface area contributed by atoms with E-state index in [1.54, 1.807) is 18.2 Å². The number of amides is 1. The SMILES string of the molecule is CC(C(=O)Nc1cc(Cl)ccc1Cl)N1CCCN(c2ccc(C#N)cc2)CC1. The van der Waals surface area contributed by atoms with Crippen molar-refractivity contribution < 1.29 is 4.79 Å². The molecule has 2 aromatic rings. The van der Waals surface area contributed by atoms with Crippen LogP contribution in [0.15, 0.2) is 42.5 Å². The topological polar surface area (TPSA) is 59.4 Å². The summed E-state index contributed by atoms with van der Waals surface area (Å²) in [6.07, 6.45) is 0.954. The Balaban J connectivity index is 1.61. The van der Waals surface area contributed by atoms with Gasteiger partial charge in [-0.25, -0.2) is 0 Å². The number of nitriles is 1. The average molecular weight is 417 g/mol. The van der Waals surface area contributed by atoms with Gasteiger partial charge in [-0.05, 0) is 55.8 Å². The van der Waals surface area contributed by atoms with E-state index in [9.17, 15) is 4.79 Å². The first-order valence-electron chi connectivity index (χ1n) is 9.23. The molecule has 7 heteroatoms. The number of halogens is 2. The summed E-state index contributed by atoms with van der Waals surface area (Å²) in [7, 11) is 0. The molecule has 1 fully saturated rings. The number of hydrogen-bond acceptors (Lipinski definition) is 4. The Hall–Kier alpha value is -2.26. The van der Waals surface area contributed by atoms with E-state index in [2.05, 4.69) is 21.2 Å². The number of benzene rings is 2. The van der Waals surface area contributed by atoms with Crippen LogP contribution in [0.5, 0.6) is 0 Å². The predicted molar refractivity (Wildman–Crippen MR) is 114 cm³/mol. The van der Waals surface area contributed by atoms with Crippen molar-refractivity contribution >= 4 is 40.5 Å². The highest BCUT2D eigenvalue weighted by Crippen LogP contribution is 2.26. The van der Waals surface area contributed by atoms with Crippen LogP contribution < -0.4 is 10.2 Å². The van der Waals surface area contributed by atoms with E-state index in [1.165, 1.54) is 0 Å². The van der Waals surface area contributed by atoms with E-state index < -0.39 is 0 Å². The molecular formula is C21H22Cl2N4O. The van der Waals surface area contributed by atoms with Gasteiger partial charge in [0.25, 0.3) is 0 Å². The van der Waals surface area contributed by atoms with Crippen LogP contribution in [0, 0.1) is 11.3 Å². The summed E-state index contributed by atoms with van der Waals surface area (Å²) in [5.41, 5.74) is 2.29. The molecule has 28 heavy (non-hydrogen) atoms. The maximum absolute atomic E-state index is 12.7. The lowest BCUT2D eigenvalue weighted by molar-refractivity contribution is -0.120. The van der Waals surface area contributed by atoms with Gasteiger partial charge in [-0.2, -0.15) is 5.26 Å². The van der Waals surface area contributed by atoms with Crippen molar-refractivity contribution in [3.05, 3.63) is 58.1 Å². The smallest absolute Gasteiger partial charge is 0.241 e. The first-order valence-corrected chi connectivity index (χ1v) is 9.98. The summed E-state index contributed by atoms with van der Waals surface area (Å²) in [6.45, 7) is 5.26. The quantitative estimate of drug-likeness (QED) is 0.801. The number of nitrogens with one attached hydrogen (secondary N) is 1. The molecule has 5 nitrogen and oxygen atoms in total. The highest BCUT2D eigenvalue weighted by molar-refractivity contribution is 6.35. The summed E-state index contributed by atoms with van der Waals surface area (Å²) >= 11 is 12.2. The van der Waals surface area contributed by atoms with Gasteiger partial charge in [0.05, 0.1) is 28.4 Å². The molecule has 2 aromatic carbocycles. The predicted octanol–water partition coefficient (Wildman–Crippen LogP) is 4.40. The van der Waals surface area contributed by atoms with Gasteiger partial charge in [-0.15, -0.1) is 0 Å². The van der Waals surface area contributed by atoms with Crippen molar-refractivity contribution in [1.82, 2.24) is 4.90 Å². The summed E-state index contributed by atoms with van der Waals surface area (Å²) in [5, 5.41) is 12.8. The molecule has 1 aliphatic heterocycles. The Morgan fingerprint density at radius 1 is 1.11 bits per heavy atom. The Morgan fingerprint density at radius 2 is 1.86 bits per heavy atom. The summed E-state index contributed by atoms with van der Waals surface area (Å²) in [4.78, 5) is 17.2. The number of carbonyl (C=O) groups excluding carboxylic acids is 1. The first-order chi connectivity index (χ1) is 13.5. The lowest BCUT2D eigenvalue weighted by atomic mass is 10.2. The highest BCUT2D eigenvalue weighted by atomic mass is 35.5. The molecular weight excluding hydrogens is 395 g/mol. The minimum Gasteiger partial charge on any atom is -0.370 e. The fourth-order valence-electron chi connectivity index (χ4n) is 3.33. The van der Waals surface area contributed by atoms with Crippen LogP contribution in [0.1, 0.15) is 18.9 Å². The molecule has 1 aliphatic rings. The number of rotatable bonds is 4. The Kier molecular flexibility index (Phi) is 6.79. The van der Waals surface area contributed by atoms with Crippen LogP contribution in [0.25, 0.3) is 0 Å². The van der Waals surface area contributed by atoms with Crippen molar-refractivity contribution in [2.45, 2.75) is 19.4 Å². The molecule has 0 bridgehead atoms.